The Hall–Kier alpha value is -2.40. The summed E-state index contributed by atoms with van der Waals surface area (Å²) in [7, 11) is 3.32. The lowest BCUT2D eigenvalue weighted by Crippen LogP contribution is -2.37. The zero-order valence-corrected chi connectivity index (χ0v) is 19.6. The van der Waals surface area contributed by atoms with Crippen molar-refractivity contribution in [2.24, 2.45) is 5.92 Å². The number of hydrogen-bond acceptors (Lipinski definition) is 4. The van der Waals surface area contributed by atoms with Crippen molar-refractivity contribution in [3.05, 3.63) is 59.4 Å². The Bertz CT molecular complexity index is 860. The summed E-state index contributed by atoms with van der Waals surface area (Å²) in [6, 6.07) is 12.8. The number of likely N-dealkylation sites (tertiary alicyclic amines) is 1. The number of rotatable bonds is 11. The molecule has 0 amide bonds. The number of ether oxygens (including phenoxy) is 2. The van der Waals surface area contributed by atoms with Gasteiger partial charge in [0.15, 0.2) is 11.5 Å². The Morgan fingerprint density at radius 1 is 1.09 bits per heavy atom. The highest BCUT2D eigenvalue weighted by Crippen LogP contribution is 2.43. The summed E-state index contributed by atoms with van der Waals surface area (Å²) in [6.45, 7) is 5.05. The molecular weight excluding hydrogens is 405 g/mol. The van der Waals surface area contributed by atoms with Gasteiger partial charge in [-0.3, -0.25) is 4.79 Å². The summed E-state index contributed by atoms with van der Waals surface area (Å²) >= 11 is 0. The van der Waals surface area contributed by atoms with Gasteiger partial charge in [0, 0.05) is 24.9 Å². The number of para-hydroxylation sites is 1. The van der Waals surface area contributed by atoms with Gasteiger partial charge in [-0.25, -0.2) is 4.39 Å². The molecular formula is C27H36FNO3. The maximum absolute atomic E-state index is 13.1. The van der Waals surface area contributed by atoms with E-state index >= 15 is 0 Å². The maximum Gasteiger partial charge on any atom is 0.164 e. The molecule has 1 fully saturated rings. The molecule has 0 radical (unpaired) electrons. The minimum Gasteiger partial charge on any atom is -0.493 e. The zero-order chi connectivity index (χ0) is 22.9. The van der Waals surface area contributed by atoms with E-state index in [1.807, 2.05) is 24.3 Å². The number of methoxy groups -OCH3 is 2. The number of nitrogens with zero attached hydrogens (tertiary/aromatic N) is 1. The molecule has 0 aliphatic carbocycles. The van der Waals surface area contributed by atoms with Crippen LogP contribution in [0.3, 0.4) is 0 Å². The van der Waals surface area contributed by atoms with E-state index in [0.29, 0.717) is 24.5 Å². The highest BCUT2D eigenvalue weighted by Gasteiger charge is 2.31. The van der Waals surface area contributed by atoms with Crippen LogP contribution in [0.1, 0.15) is 56.1 Å². The van der Waals surface area contributed by atoms with Crippen molar-refractivity contribution in [3.8, 4) is 11.5 Å². The van der Waals surface area contributed by atoms with E-state index in [0.717, 1.165) is 67.9 Å². The highest BCUT2D eigenvalue weighted by molar-refractivity contribution is 5.79. The number of halogens is 1. The Balaban J connectivity index is 1.68. The third-order valence-electron chi connectivity index (χ3n) is 6.64. The van der Waals surface area contributed by atoms with Gasteiger partial charge >= 0.3 is 0 Å². The smallest absolute Gasteiger partial charge is 0.164 e. The molecule has 0 aromatic heterocycles. The summed E-state index contributed by atoms with van der Waals surface area (Å²) in [5, 5.41) is 0. The van der Waals surface area contributed by atoms with Gasteiger partial charge in [0.1, 0.15) is 11.6 Å². The number of ketones is 1. The van der Waals surface area contributed by atoms with E-state index in [4.69, 9.17) is 9.47 Å². The number of hydrogen-bond donors (Lipinski definition) is 0. The summed E-state index contributed by atoms with van der Waals surface area (Å²) in [6.07, 6.45) is 5.08. The fourth-order valence-corrected chi connectivity index (χ4v) is 4.88. The molecule has 0 unspecified atom stereocenters. The quantitative estimate of drug-likeness (QED) is 0.452. The first-order chi connectivity index (χ1) is 15.5. The molecule has 0 bridgehead atoms. The van der Waals surface area contributed by atoms with Gasteiger partial charge < -0.3 is 14.4 Å². The largest absolute Gasteiger partial charge is 0.493 e. The second-order valence-electron chi connectivity index (χ2n) is 8.74. The van der Waals surface area contributed by atoms with Crippen LogP contribution in [0.25, 0.3) is 0 Å². The fourth-order valence-electron chi connectivity index (χ4n) is 4.88. The van der Waals surface area contributed by atoms with Crippen LogP contribution >= 0.6 is 0 Å². The van der Waals surface area contributed by atoms with Gasteiger partial charge in [0.25, 0.3) is 0 Å². The number of carbonyl (C=O) groups is 1. The first kappa shape index (κ1) is 24.2. The first-order valence-corrected chi connectivity index (χ1v) is 11.7. The Morgan fingerprint density at radius 2 is 1.81 bits per heavy atom. The minimum absolute atomic E-state index is 0.137. The van der Waals surface area contributed by atoms with Crippen molar-refractivity contribution in [2.45, 2.75) is 51.4 Å². The lowest BCUT2D eigenvalue weighted by Gasteiger charge is -2.36. The van der Waals surface area contributed by atoms with Crippen LogP contribution in [0.15, 0.2) is 42.5 Å². The van der Waals surface area contributed by atoms with Gasteiger partial charge in [-0.05, 0) is 74.4 Å². The standard InChI is InChI=1S/C27H36FNO3/c1-4-6-23(30)19-25(24-7-5-8-26(31-2)27(24)32-3)21-14-17-29(18-15-21)16-13-20-9-11-22(28)12-10-20/h5,7-12,21,25H,4,6,13-19H2,1-3H3/t25-/m1/s1. The van der Waals surface area contributed by atoms with Crippen LogP contribution in [0.2, 0.25) is 0 Å². The Kier molecular flexibility index (Phi) is 9.10. The summed E-state index contributed by atoms with van der Waals surface area (Å²) < 4.78 is 24.4. The molecule has 1 heterocycles. The molecule has 4 nitrogen and oxygen atoms in total. The highest BCUT2D eigenvalue weighted by atomic mass is 19.1. The molecule has 2 aromatic carbocycles. The van der Waals surface area contributed by atoms with Crippen molar-refractivity contribution in [1.82, 2.24) is 4.90 Å². The number of piperidine rings is 1. The molecule has 32 heavy (non-hydrogen) atoms. The maximum atomic E-state index is 13.1. The predicted octanol–water partition coefficient (Wildman–Crippen LogP) is 5.64. The van der Waals surface area contributed by atoms with E-state index < -0.39 is 0 Å². The lowest BCUT2D eigenvalue weighted by molar-refractivity contribution is -0.119. The fraction of sp³-hybridized carbons (Fsp3) is 0.519. The minimum atomic E-state index is -0.189. The third-order valence-corrected chi connectivity index (χ3v) is 6.64. The molecule has 0 spiro atoms. The average molecular weight is 442 g/mol. The molecule has 1 aliphatic rings. The van der Waals surface area contributed by atoms with Gasteiger partial charge in [-0.2, -0.15) is 0 Å². The lowest BCUT2D eigenvalue weighted by atomic mass is 9.76. The SMILES string of the molecule is CCCC(=O)C[C@@H](c1cccc(OC)c1OC)C1CCN(CCc2ccc(F)cc2)CC1. The molecule has 0 saturated carbocycles. The van der Waals surface area contributed by atoms with Gasteiger partial charge in [0.05, 0.1) is 14.2 Å². The summed E-state index contributed by atoms with van der Waals surface area (Å²) in [5.41, 5.74) is 2.25. The first-order valence-electron chi connectivity index (χ1n) is 11.7. The summed E-state index contributed by atoms with van der Waals surface area (Å²) in [4.78, 5) is 15.1. The van der Waals surface area contributed by atoms with E-state index in [2.05, 4.69) is 17.9 Å². The second-order valence-corrected chi connectivity index (χ2v) is 8.74. The molecule has 1 saturated heterocycles. The van der Waals surface area contributed by atoms with Crippen LogP contribution in [0.5, 0.6) is 11.5 Å². The van der Waals surface area contributed by atoms with E-state index in [-0.39, 0.29) is 11.7 Å². The van der Waals surface area contributed by atoms with Crippen LogP contribution in [0, 0.1) is 11.7 Å². The van der Waals surface area contributed by atoms with Crippen molar-refractivity contribution < 1.29 is 18.7 Å². The molecule has 2 aromatic rings. The third kappa shape index (κ3) is 6.32. The molecule has 1 atom stereocenters. The number of carbonyl (C=O) groups excluding carboxylic acids is 1. The van der Waals surface area contributed by atoms with Gasteiger partial charge in [0.2, 0.25) is 0 Å². The molecule has 0 N–H and O–H groups in total. The number of Topliss-reactive ketones (excluding diaryl/α,β-unsaturated/α-hetero) is 1. The van der Waals surface area contributed by atoms with E-state index in [9.17, 15) is 9.18 Å². The van der Waals surface area contributed by atoms with Crippen molar-refractivity contribution >= 4 is 5.78 Å². The van der Waals surface area contributed by atoms with Crippen LogP contribution in [-0.2, 0) is 11.2 Å². The zero-order valence-electron chi connectivity index (χ0n) is 19.6. The average Bonchev–Trinajstić information content (AvgIpc) is 2.82. The van der Waals surface area contributed by atoms with Crippen molar-refractivity contribution in [3.63, 3.8) is 0 Å². The van der Waals surface area contributed by atoms with Crippen LogP contribution < -0.4 is 9.47 Å². The van der Waals surface area contributed by atoms with Crippen LogP contribution in [-0.4, -0.2) is 44.5 Å². The second kappa shape index (κ2) is 12.0. The number of benzene rings is 2. The van der Waals surface area contributed by atoms with Gasteiger partial charge in [-0.15, -0.1) is 0 Å². The molecule has 1 aliphatic heterocycles. The molecule has 174 valence electrons. The topological polar surface area (TPSA) is 38.8 Å². The van der Waals surface area contributed by atoms with Crippen LogP contribution in [0.4, 0.5) is 4.39 Å². The van der Waals surface area contributed by atoms with E-state index in [1.54, 1.807) is 14.2 Å². The molecule has 5 heteroatoms. The van der Waals surface area contributed by atoms with Crippen molar-refractivity contribution in [2.75, 3.05) is 33.9 Å². The summed E-state index contributed by atoms with van der Waals surface area (Å²) in [5.74, 6) is 2.17. The van der Waals surface area contributed by atoms with Gasteiger partial charge in [-0.1, -0.05) is 31.2 Å². The predicted molar refractivity (Wildman–Crippen MR) is 126 cm³/mol. The van der Waals surface area contributed by atoms with Crippen molar-refractivity contribution in [1.29, 1.82) is 0 Å². The Morgan fingerprint density at radius 3 is 2.44 bits per heavy atom. The van der Waals surface area contributed by atoms with E-state index in [1.165, 1.54) is 12.1 Å². The Labute approximate surface area is 191 Å². The molecule has 3 rings (SSSR count). The monoisotopic (exact) mass is 441 g/mol. The normalized spacial score (nSPS) is 16.0.